The number of thioether (sulfide) groups is 1. The van der Waals surface area contributed by atoms with E-state index in [1.165, 1.54) is 0 Å². The Balaban J connectivity index is 2.79. The molecule has 0 atom stereocenters. The maximum atomic E-state index is 10.4. The van der Waals surface area contributed by atoms with E-state index in [0.29, 0.717) is 0 Å². The molecule has 0 unspecified atom stereocenters. The highest BCUT2D eigenvalue weighted by molar-refractivity contribution is 7.99. The number of nitriles is 1. The minimum Gasteiger partial charge on any atom is -0.476 e. The zero-order valence-electron chi connectivity index (χ0n) is 5.72. The first kappa shape index (κ1) is 8.55. The number of carbonyl (C=O) groups is 1. The minimum atomic E-state index is -1.21. The molecule has 0 amide bonds. The molecule has 7 heteroatoms. The Hall–Kier alpha value is -1.55. The Morgan fingerprint density at radius 2 is 2.50 bits per heavy atom. The average molecular weight is 185 g/mol. The van der Waals surface area contributed by atoms with E-state index in [1.807, 2.05) is 6.07 Å². The highest BCUT2D eigenvalue weighted by Gasteiger charge is 2.16. The number of aromatic nitrogens is 2. The van der Waals surface area contributed by atoms with Gasteiger partial charge < -0.3 is 5.11 Å². The summed E-state index contributed by atoms with van der Waals surface area (Å²) in [7, 11) is 0. The van der Waals surface area contributed by atoms with Gasteiger partial charge in [-0.3, -0.25) is 0 Å². The van der Waals surface area contributed by atoms with Gasteiger partial charge in [0.25, 0.3) is 0 Å². The first-order valence-corrected chi connectivity index (χ1v) is 3.80. The molecule has 62 valence electrons. The average Bonchev–Trinajstić information content (AvgIpc) is 2.48. The van der Waals surface area contributed by atoms with Crippen LogP contribution < -0.4 is 0 Å². The van der Waals surface area contributed by atoms with Crippen molar-refractivity contribution >= 4 is 17.7 Å². The summed E-state index contributed by atoms with van der Waals surface area (Å²) in [5.41, 5.74) is -0.254. The molecule has 1 rings (SSSR count). The third kappa shape index (κ3) is 1.73. The Bertz CT molecular complexity index is 329. The first-order chi connectivity index (χ1) is 5.75. The SMILES string of the molecule is N#CCSc1nonc1C(=O)O. The summed E-state index contributed by atoms with van der Waals surface area (Å²) in [4.78, 5) is 10.4. The Kier molecular flexibility index (Phi) is 2.66. The molecule has 1 heterocycles. The van der Waals surface area contributed by atoms with Crippen molar-refractivity contribution in [1.82, 2.24) is 10.3 Å². The molecule has 1 aromatic rings. The number of hydrogen-bond acceptors (Lipinski definition) is 6. The lowest BCUT2D eigenvalue weighted by Crippen LogP contribution is -1.98. The number of hydrogen-bond donors (Lipinski definition) is 1. The zero-order chi connectivity index (χ0) is 8.97. The van der Waals surface area contributed by atoms with E-state index in [0.717, 1.165) is 11.8 Å². The molecule has 1 N–H and O–H groups in total. The predicted molar refractivity (Wildman–Crippen MR) is 37.6 cm³/mol. The van der Waals surface area contributed by atoms with E-state index < -0.39 is 5.97 Å². The number of aromatic carboxylic acids is 1. The van der Waals surface area contributed by atoms with Crippen molar-refractivity contribution in [3.63, 3.8) is 0 Å². The van der Waals surface area contributed by atoms with Gasteiger partial charge in [0, 0.05) is 0 Å². The number of rotatable bonds is 3. The van der Waals surface area contributed by atoms with Gasteiger partial charge in [-0.05, 0) is 10.3 Å². The number of carboxylic acid groups (broad SMARTS) is 1. The molecule has 0 radical (unpaired) electrons. The normalized spacial score (nSPS) is 9.25. The minimum absolute atomic E-state index is 0.120. The number of carboxylic acids is 1. The summed E-state index contributed by atoms with van der Waals surface area (Å²) in [5.74, 6) is -1.09. The second-order valence-electron chi connectivity index (χ2n) is 1.67. The summed E-state index contributed by atoms with van der Waals surface area (Å²) in [6.07, 6.45) is 0. The van der Waals surface area contributed by atoms with Crippen molar-refractivity contribution < 1.29 is 14.5 Å². The monoisotopic (exact) mass is 185 g/mol. The summed E-state index contributed by atoms with van der Waals surface area (Å²) < 4.78 is 4.19. The molecule has 0 saturated carbocycles. The molecule has 0 aromatic carbocycles. The van der Waals surface area contributed by atoms with Gasteiger partial charge in [0.15, 0.2) is 5.03 Å². The molecule has 0 aliphatic carbocycles. The Morgan fingerprint density at radius 1 is 1.75 bits per heavy atom. The highest BCUT2D eigenvalue weighted by atomic mass is 32.2. The van der Waals surface area contributed by atoms with Crippen LogP contribution in [-0.2, 0) is 0 Å². The predicted octanol–water partition coefficient (Wildman–Crippen LogP) is 0.383. The van der Waals surface area contributed by atoms with Crippen LogP contribution in [0.5, 0.6) is 0 Å². The smallest absolute Gasteiger partial charge is 0.361 e. The van der Waals surface area contributed by atoms with Crippen LogP contribution in [0.2, 0.25) is 0 Å². The van der Waals surface area contributed by atoms with E-state index in [2.05, 4.69) is 14.9 Å². The van der Waals surface area contributed by atoms with Crippen LogP contribution in [0.4, 0.5) is 0 Å². The van der Waals surface area contributed by atoms with Crippen LogP contribution >= 0.6 is 11.8 Å². The maximum Gasteiger partial charge on any atom is 0.361 e. The van der Waals surface area contributed by atoms with Crippen molar-refractivity contribution in [2.75, 3.05) is 5.75 Å². The fourth-order valence-electron chi connectivity index (χ4n) is 0.506. The van der Waals surface area contributed by atoms with E-state index in [9.17, 15) is 4.79 Å². The topological polar surface area (TPSA) is 100 Å². The molecule has 0 aliphatic heterocycles. The Labute approximate surface area is 71.1 Å². The van der Waals surface area contributed by atoms with Gasteiger partial charge in [0.2, 0.25) is 5.69 Å². The summed E-state index contributed by atoms with van der Waals surface area (Å²) in [6.45, 7) is 0. The first-order valence-electron chi connectivity index (χ1n) is 2.81. The molecule has 0 fully saturated rings. The van der Waals surface area contributed by atoms with Crippen molar-refractivity contribution in [3.8, 4) is 6.07 Å². The van der Waals surface area contributed by atoms with Crippen molar-refractivity contribution in [2.24, 2.45) is 0 Å². The third-order valence-electron chi connectivity index (χ3n) is 0.934. The Morgan fingerprint density at radius 3 is 3.08 bits per heavy atom. The summed E-state index contributed by atoms with van der Waals surface area (Å²) in [6, 6.07) is 1.83. The quantitative estimate of drug-likeness (QED) is 0.679. The lowest BCUT2D eigenvalue weighted by atomic mass is 10.5. The lowest BCUT2D eigenvalue weighted by Gasteiger charge is -1.87. The molecule has 0 spiro atoms. The maximum absolute atomic E-state index is 10.4. The highest BCUT2D eigenvalue weighted by Crippen LogP contribution is 2.17. The van der Waals surface area contributed by atoms with Crippen molar-refractivity contribution in [3.05, 3.63) is 5.69 Å². The summed E-state index contributed by atoms with van der Waals surface area (Å²) in [5, 5.41) is 23.3. The van der Waals surface area contributed by atoms with E-state index in [4.69, 9.17) is 10.4 Å². The fraction of sp³-hybridized carbons (Fsp3) is 0.200. The van der Waals surface area contributed by atoms with Crippen LogP contribution in [0.15, 0.2) is 9.65 Å². The van der Waals surface area contributed by atoms with Gasteiger partial charge in [-0.1, -0.05) is 11.8 Å². The molecular formula is C5H3N3O3S. The van der Waals surface area contributed by atoms with E-state index in [-0.39, 0.29) is 16.5 Å². The third-order valence-corrected chi connectivity index (χ3v) is 1.75. The standard InChI is InChI=1S/C5H3N3O3S/c6-1-2-12-4-3(5(9)10)7-11-8-4/h2H2,(H,9,10). The molecule has 6 nitrogen and oxygen atoms in total. The van der Waals surface area contributed by atoms with Gasteiger partial charge in [-0.2, -0.15) is 5.26 Å². The molecule has 0 saturated heterocycles. The van der Waals surface area contributed by atoms with Crippen LogP contribution in [0, 0.1) is 11.3 Å². The van der Waals surface area contributed by atoms with Crippen molar-refractivity contribution in [2.45, 2.75) is 5.03 Å². The van der Waals surface area contributed by atoms with Crippen molar-refractivity contribution in [1.29, 1.82) is 5.26 Å². The summed E-state index contributed by atoms with van der Waals surface area (Å²) >= 11 is 0.973. The van der Waals surface area contributed by atoms with E-state index >= 15 is 0 Å². The molecule has 0 bridgehead atoms. The fourth-order valence-corrected chi connectivity index (χ4v) is 1.06. The second-order valence-corrected chi connectivity index (χ2v) is 2.63. The second kappa shape index (κ2) is 3.73. The van der Waals surface area contributed by atoms with Gasteiger partial charge >= 0.3 is 5.97 Å². The largest absolute Gasteiger partial charge is 0.476 e. The zero-order valence-corrected chi connectivity index (χ0v) is 6.54. The molecular weight excluding hydrogens is 182 g/mol. The van der Waals surface area contributed by atoms with Crippen LogP contribution in [-0.4, -0.2) is 27.1 Å². The van der Waals surface area contributed by atoms with Crippen LogP contribution in [0.25, 0.3) is 0 Å². The molecule has 0 aliphatic rings. The van der Waals surface area contributed by atoms with E-state index in [1.54, 1.807) is 0 Å². The van der Waals surface area contributed by atoms with Gasteiger partial charge in [0.1, 0.15) is 0 Å². The molecule has 1 aromatic heterocycles. The van der Waals surface area contributed by atoms with Gasteiger partial charge in [-0.25, -0.2) is 9.42 Å². The number of nitrogens with zero attached hydrogens (tertiary/aromatic N) is 3. The van der Waals surface area contributed by atoms with Gasteiger partial charge in [0.05, 0.1) is 11.8 Å². The van der Waals surface area contributed by atoms with Crippen LogP contribution in [0.1, 0.15) is 10.5 Å². The lowest BCUT2D eigenvalue weighted by molar-refractivity contribution is 0.0682. The molecule has 12 heavy (non-hydrogen) atoms. The van der Waals surface area contributed by atoms with Crippen LogP contribution in [0.3, 0.4) is 0 Å². The van der Waals surface area contributed by atoms with Gasteiger partial charge in [-0.15, -0.1) is 0 Å².